The molecule has 3 nitrogen and oxygen atoms in total. The predicted molar refractivity (Wildman–Crippen MR) is 56.3 cm³/mol. The lowest BCUT2D eigenvalue weighted by atomic mass is 10.0. The molecule has 1 rings (SSSR count). The fourth-order valence-electron chi connectivity index (χ4n) is 2.01. The Balaban J connectivity index is 2.42. The van der Waals surface area contributed by atoms with E-state index in [0.717, 1.165) is 12.8 Å². The van der Waals surface area contributed by atoms with Crippen molar-refractivity contribution in [2.75, 3.05) is 7.05 Å². The SMILES string of the molecule is CCCCCC1C(CC)OC(=O)N1C. The maximum Gasteiger partial charge on any atom is 0.410 e. The van der Waals surface area contributed by atoms with Gasteiger partial charge in [-0.1, -0.05) is 33.1 Å². The lowest BCUT2D eigenvalue weighted by Crippen LogP contribution is -2.33. The van der Waals surface area contributed by atoms with Gasteiger partial charge in [-0.2, -0.15) is 0 Å². The summed E-state index contributed by atoms with van der Waals surface area (Å²) in [7, 11) is 1.84. The Kier molecular flexibility index (Phi) is 4.23. The van der Waals surface area contributed by atoms with Crippen molar-refractivity contribution in [1.29, 1.82) is 0 Å². The molecule has 1 aliphatic heterocycles. The van der Waals surface area contributed by atoms with Crippen LogP contribution in [0.15, 0.2) is 0 Å². The van der Waals surface area contributed by atoms with Gasteiger partial charge in [-0.25, -0.2) is 4.79 Å². The molecular formula is C11H21NO2. The lowest BCUT2D eigenvalue weighted by molar-refractivity contribution is 0.127. The van der Waals surface area contributed by atoms with E-state index in [1.54, 1.807) is 4.90 Å². The topological polar surface area (TPSA) is 29.5 Å². The molecule has 1 amide bonds. The highest BCUT2D eigenvalue weighted by Crippen LogP contribution is 2.24. The zero-order chi connectivity index (χ0) is 10.6. The van der Waals surface area contributed by atoms with E-state index in [1.165, 1.54) is 19.3 Å². The van der Waals surface area contributed by atoms with Crippen LogP contribution in [0.1, 0.15) is 46.0 Å². The van der Waals surface area contributed by atoms with Crippen LogP contribution in [0.25, 0.3) is 0 Å². The van der Waals surface area contributed by atoms with Gasteiger partial charge < -0.3 is 9.64 Å². The molecule has 0 spiro atoms. The Labute approximate surface area is 86.4 Å². The van der Waals surface area contributed by atoms with Gasteiger partial charge in [-0.15, -0.1) is 0 Å². The summed E-state index contributed by atoms with van der Waals surface area (Å²) in [5.74, 6) is 0. The average Bonchev–Trinajstić information content (AvgIpc) is 2.45. The van der Waals surface area contributed by atoms with Gasteiger partial charge in [0.05, 0.1) is 6.04 Å². The van der Waals surface area contributed by atoms with Crippen LogP contribution < -0.4 is 0 Å². The number of carbonyl (C=O) groups is 1. The molecule has 82 valence electrons. The quantitative estimate of drug-likeness (QED) is 0.637. The van der Waals surface area contributed by atoms with Gasteiger partial charge in [0.1, 0.15) is 6.10 Å². The number of unbranched alkanes of at least 4 members (excludes halogenated alkanes) is 2. The van der Waals surface area contributed by atoms with Crippen molar-refractivity contribution in [3.8, 4) is 0 Å². The summed E-state index contributed by atoms with van der Waals surface area (Å²) in [6.07, 6.45) is 5.62. The number of nitrogens with zero attached hydrogens (tertiary/aromatic N) is 1. The standard InChI is InChI=1S/C11H21NO2/c1-4-6-7-8-9-10(5-2)14-11(13)12(9)3/h9-10H,4-8H2,1-3H3. The first kappa shape index (κ1) is 11.3. The van der Waals surface area contributed by atoms with Crippen LogP contribution >= 0.6 is 0 Å². The van der Waals surface area contributed by atoms with Gasteiger partial charge in [0.2, 0.25) is 0 Å². The van der Waals surface area contributed by atoms with Crippen LogP contribution in [0.2, 0.25) is 0 Å². The highest BCUT2D eigenvalue weighted by atomic mass is 16.6. The molecule has 0 aromatic rings. The molecule has 1 heterocycles. The molecule has 2 atom stereocenters. The molecular weight excluding hydrogens is 178 g/mol. The number of carbonyl (C=O) groups excluding carboxylic acids is 1. The molecule has 0 aliphatic carbocycles. The number of hydrogen-bond donors (Lipinski definition) is 0. The first-order chi connectivity index (χ1) is 6.70. The van der Waals surface area contributed by atoms with Crippen LogP contribution in [0.5, 0.6) is 0 Å². The Morgan fingerprint density at radius 1 is 1.36 bits per heavy atom. The minimum Gasteiger partial charge on any atom is -0.444 e. The van der Waals surface area contributed by atoms with E-state index >= 15 is 0 Å². The molecule has 3 heteroatoms. The zero-order valence-electron chi connectivity index (χ0n) is 9.45. The second-order valence-corrected chi connectivity index (χ2v) is 4.00. The number of ether oxygens (including phenoxy) is 1. The Hall–Kier alpha value is -0.730. The second-order valence-electron chi connectivity index (χ2n) is 4.00. The number of rotatable bonds is 5. The number of likely N-dealkylation sites (N-methyl/N-ethyl adjacent to an activating group) is 1. The van der Waals surface area contributed by atoms with Crippen LogP contribution in [0.4, 0.5) is 4.79 Å². The Bertz CT molecular complexity index is 194. The smallest absolute Gasteiger partial charge is 0.410 e. The van der Waals surface area contributed by atoms with E-state index < -0.39 is 0 Å². The van der Waals surface area contributed by atoms with E-state index in [2.05, 4.69) is 13.8 Å². The van der Waals surface area contributed by atoms with E-state index in [1.807, 2.05) is 7.05 Å². The van der Waals surface area contributed by atoms with Gasteiger partial charge in [-0.05, 0) is 12.8 Å². The zero-order valence-corrected chi connectivity index (χ0v) is 9.45. The van der Waals surface area contributed by atoms with Crippen molar-refractivity contribution in [1.82, 2.24) is 4.90 Å². The first-order valence-electron chi connectivity index (χ1n) is 5.64. The van der Waals surface area contributed by atoms with Crippen molar-refractivity contribution in [2.45, 2.75) is 58.1 Å². The van der Waals surface area contributed by atoms with Crippen molar-refractivity contribution < 1.29 is 9.53 Å². The number of hydrogen-bond acceptors (Lipinski definition) is 2. The number of amides is 1. The highest BCUT2D eigenvalue weighted by molar-refractivity contribution is 5.70. The minimum atomic E-state index is -0.154. The molecule has 0 aromatic heterocycles. The maximum atomic E-state index is 11.3. The molecule has 1 fully saturated rings. The molecule has 2 unspecified atom stereocenters. The fourth-order valence-corrected chi connectivity index (χ4v) is 2.01. The van der Waals surface area contributed by atoms with Crippen molar-refractivity contribution in [3.05, 3.63) is 0 Å². The van der Waals surface area contributed by atoms with Crippen molar-refractivity contribution in [3.63, 3.8) is 0 Å². The summed E-state index contributed by atoms with van der Waals surface area (Å²) in [4.78, 5) is 13.0. The summed E-state index contributed by atoms with van der Waals surface area (Å²) in [6.45, 7) is 4.27. The van der Waals surface area contributed by atoms with Gasteiger partial charge in [-0.3, -0.25) is 0 Å². The third kappa shape index (κ3) is 2.40. The Morgan fingerprint density at radius 3 is 2.64 bits per heavy atom. The summed E-state index contributed by atoms with van der Waals surface area (Å²) in [6, 6.07) is 0.305. The highest BCUT2D eigenvalue weighted by Gasteiger charge is 2.37. The molecule has 1 aliphatic rings. The summed E-state index contributed by atoms with van der Waals surface area (Å²) in [5.41, 5.74) is 0. The minimum absolute atomic E-state index is 0.115. The van der Waals surface area contributed by atoms with Crippen LogP contribution in [-0.2, 0) is 4.74 Å². The van der Waals surface area contributed by atoms with Crippen LogP contribution in [0.3, 0.4) is 0 Å². The first-order valence-corrected chi connectivity index (χ1v) is 5.64. The molecule has 1 saturated heterocycles. The summed E-state index contributed by atoms with van der Waals surface area (Å²) < 4.78 is 5.25. The molecule has 0 N–H and O–H groups in total. The van der Waals surface area contributed by atoms with Gasteiger partial charge >= 0.3 is 6.09 Å². The fraction of sp³-hybridized carbons (Fsp3) is 0.909. The number of cyclic esters (lactones) is 1. The average molecular weight is 199 g/mol. The van der Waals surface area contributed by atoms with Gasteiger partial charge in [0.25, 0.3) is 0 Å². The lowest BCUT2D eigenvalue weighted by Gasteiger charge is -2.20. The second kappa shape index (κ2) is 5.23. The summed E-state index contributed by atoms with van der Waals surface area (Å²) in [5, 5.41) is 0. The van der Waals surface area contributed by atoms with E-state index in [-0.39, 0.29) is 12.2 Å². The van der Waals surface area contributed by atoms with Crippen LogP contribution in [0, 0.1) is 0 Å². The van der Waals surface area contributed by atoms with E-state index in [9.17, 15) is 4.79 Å². The Morgan fingerprint density at radius 2 is 2.07 bits per heavy atom. The molecule has 0 saturated carbocycles. The largest absolute Gasteiger partial charge is 0.444 e. The third-order valence-electron chi connectivity index (χ3n) is 2.97. The van der Waals surface area contributed by atoms with Crippen molar-refractivity contribution >= 4 is 6.09 Å². The van der Waals surface area contributed by atoms with Crippen LogP contribution in [-0.4, -0.2) is 30.2 Å². The van der Waals surface area contributed by atoms with Crippen molar-refractivity contribution in [2.24, 2.45) is 0 Å². The van der Waals surface area contributed by atoms with E-state index in [4.69, 9.17) is 4.74 Å². The van der Waals surface area contributed by atoms with E-state index in [0.29, 0.717) is 6.04 Å². The monoisotopic (exact) mass is 199 g/mol. The molecule has 0 aromatic carbocycles. The normalized spacial score (nSPS) is 26.8. The van der Waals surface area contributed by atoms with Gasteiger partial charge in [0.15, 0.2) is 0 Å². The third-order valence-corrected chi connectivity index (χ3v) is 2.97. The molecule has 0 radical (unpaired) electrons. The molecule has 0 bridgehead atoms. The molecule has 14 heavy (non-hydrogen) atoms. The predicted octanol–water partition coefficient (Wildman–Crippen LogP) is 2.80. The van der Waals surface area contributed by atoms with Gasteiger partial charge in [0, 0.05) is 7.05 Å². The maximum absolute atomic E-state index is 11.3. The summed E-state index contributed by atoms with van der Waals surface area (Å²) >= 11 is 0.